The van der Waals surface area contributed by atoms with Gasteiger partial charge in [-0.05, 0) is 50.3 Å². The third-order valence-corrected chi connectivity index (χ3v) is 7.29. The van der Waals surface area contributed by atoms with Crippen LogP contribution in [0, 0.1) is 6.92 Å². The number of amides is 1. The van der Waals surface area contributed by atoms with E-state index in [9.17, 15) is 4.79 Å². The topological polar surface area (TPSA) is 58.6 Å². The van der Waals surface area contributed by atoms with Gasteiger partial charge >= 0.3 is 0 Å². The highest BCUT2D eigenvalue weighted by atomic mass is 35.5. The van der Waals surface area contributed by atoms with Gasteiger partial charge in [-0.2, -0.15) is 0 Å². The van der Waals surface area contributed by atoms with E-state index in [4.69, 9.17) is 21.3 Å². The summed E-state index contributed by atoms with van der Waals surface area (Å²) in [7, 11) is 3.98. The number of hydrogen-bond acceptors (Lipinski definition) is 5. The minimum atomic E-state index is -0.558. The Bertz CT molecular complexity index is 972. The zero-order valence-corrected chi connectivity index (χ0v) is 20.3. The molecule has 2 aromatic rings. The monoisotopic (exact) mass is 456 g/mol. The molecule has 7 heteroatoms. The molecule has 2 fully saturated rings. The van der Waals surface area contributed by atoms with Crippen LogP contribution >= 0.6 is 11.6 Å². The van der Waals surface area contributed by atoms with E-state index < -0.39 is 5.41 Å². The second kappa shape index (κ2) is 8.99. The minimum Gasteiger partial charge on any atom is -0.381 e. The number of rotatable bonds is 4. The smallest absolute Gasteiger partial charge is 0.233 e. The molecule has 0 saturated carbocycles. The molecule has 4 rings (SSSR count). The van der Waals surface area contributed by atoms with Crippen molar-refractivity contribution in [3.63, 3.8) is 0 Å². The van der Waals surface area contributed by atoms with E-state index in [1.165, 1.54) is 0 Å². The zero-order chi connectivity index (χ0) is 22.9. The first-order valence-corrected chi connectivity index (χ1v) is 11.8. The Morgan fingerprint density at radius 3 is 2.47 bits per heavy atom. The first kappa shape index (κ1) is 23.0. The summed E-state index contributed by atoms with van der Waals surface area (Å²) in [5.41, 5.74) is 1.28. The molecule has 172 valence electrons. The van der Waals surface area contributed by atoms with Crippen LogP contribution in [0.15, 0.2) is 30.3 Å². The Labute approximate surface area is 195 Å². The van der Waals surface area contributed by atoms with Gasteiger partial charge in [-0.3, -0.25) is 4.79 Å². The maximum Gasteiger partial charge on any atom is 0.233 e. The molecule has 3 heterocycles. The normalized spacial score (nSPS) is 23.1. The SMILES string of the molecule is Cc1nc(N(C)C)cc([C@@]2(C)CCCN(C(=O)C3(c4ccc(Cl)cc4)CCOCC3)C2)n1. The fourth-order valence-electron chi connectivity index (χ4n) is 5.13. The molecule has 32 heavy (non-hydrogen) atoms. The average Bonchev–Trinajstić information content (AvgIpc) is 2.79. The molecule has 1 aromatic carbocycles. The Morgan fingerprint density at radius 2 is 1.81 bits per heavy atom. The Kier molecular flexibility index (Phi) is 6.46. The maximum atomic E-state index is 14.1. The van der Waals surface area contributed by atoms with Gasteiger partial charge in [0.15, 0.2) is 0 Å². The van der Waals surface area contributed by atoms with Crippen LogP contribution in [0.5, 0.6) is 0 Å². The molecule has 0 unspecified atom stereocenters. The minimum absolute atomic E-state index is 0.202. The summed E-state index contributed by atoms with van der Waals surface area (Å²) in [5.74, 6) is 1.87. The van der Waals surface area contributed by atoms with Crippen LogP contribution in [0.3, 0.4) is 0 Å². The van der Waals surface area contributed by atoms with Gasteiger partial charge in [0.2, 0.25) is 5.91 Å². The number of likely N-dealkylation sites (tertiary alicyclic amines) is 1. The van der Waals surface area contributed by atoms with Crippen LogP contribution in [-0.2, 0) is 20.4 Å². The van der Waals surface area contributed by atoms with Crippen molar-refractivity contribution in [3.8, 4) is 0 Å². The standard InChI is InChI=1S/C25H33ClN4O2/c1-18-27-21(16-22(28-18)29(3)4)24(2)10-5-13-30(17-24)23(31)25(11-14-32-15-12-25)19-6-8-20(26)9-7-19/h6-9,16H,5,10-15,17H2,1-4H3/t24-/m0/s1. The lowest BCUT2D eigenvalue weighted by Crippen LogP contribution is -2.55. The second-order valence-electron chi connectivity index (χ2n) is 9.65. The molecule has 0 bridgehead atoms. The van der Waals surface area contributed by atoms with Crippen molar-refractivity contribution in [1.82, 2.24) is 14.9 Å². The Balaban J connectivity index is 1.66. The highest BCUT2D eigenvalue weighted by Crippen LogP contribution is 2.40. The molecule has 2 aliphatic heterocycles. The van der Waals surface area contributed by atoms with Gasteiger partial charge in [-0.15, -0.1) is 0 Å². The molecule has 2 saturated heterocycles. The lowest BCUT2D eigenvalue weighted by atomic mass is 9.71. The highest BCUT2D eigenvalue weighted by molar-refractivity contribution is 6.30. The number of aryl methyl sites for hydroxylation is 1. The lowest BCUT2D eigenvalue weighted by molar-refractivity contribution is -0.143. The van der Waals surface area contributed by atoms with Crippen molar-refractivity contribution in [3.05, 3.63) is 52.4 Å². The summed E-state index contributed by atoms with van der Waals surface area (Å²) in [5, 5.41) is 0.685. The summed E-state index contributed by atoms with van der Waals surface area (Å²) < 4.78 is 5.65. The van der Waals surface area contributed by atoms with Crippen LogP contribution in [0.25, 0.3) is 0 Å². The van der Waals surface area contributed by atoms with Gasteiger partial charge in [0.05, 0.1) is 11.1 Å². The van der Waals surface area contributed by atoms with Crippen LogP contribution < -0.4 is 4.90 Å². The van der Waals surface area contributed by atoms with Crippen molar-refractivity contribution in [2.24, 2.45) is 0 Å². The highest BCUT2D eigenvalue weighted by Gasteiger charge is 2.46. The number of ether oxygens (including phenoxy) is 1. The predicted octanol–water partition coefficient (Wildman–Crippen LogP) is 4.13. The fraction of sp³-hybridized carbons (Fsp3) is 0.560. The molecular formula is C25H33ClN4O2. The molecule has 6 nitrogen and oxygen atoms in total. The summed E-state index contributed by atoms with van der Waals surface area (Å²) in [6.45, 7) is 6.78. The number of piperidine rings is 1. The Morgan fingerprint density at radius 1 is 1.12 bits per heavy atom. The molecule has 2 aliphatic rings. The molecule has 0 N–H and O–H groups in total. The van der Waals surface area contributed by atoms with E-state index in [-0.39, 0.29) is 11.3 Å². The number of carbonyl (C=O) groups excluding carboxylic acids is 1. The van der Waals surface area contributed by atoms with Crippen molar-refractivity contribution in [1.29, 1.82) is 0 Å². The van der Waals surface area contributed by atoms with E-state index in [1.54, 1.807) is 0 Å². The number of aromatic nitrogens is 2. The van der Waals surface area contributed by atoms with Gasteiger partial charge < -0.3 is 14.5 Å². The van der Waals surface area contributed by atoms with Crippen molar-refractivity contribution >= 4 is 23.3 Å². The zero-order valence-electron chi connectivity index (χ0n) is 19.5. The second-order valence-corrected chi connectivity index (χ2v) is 10.1. The number of nitrogens with zero attached hydrogens (tertiary/aromatic N) is 4. The largest absolute Gasteiger partial charge is 0.381 e. The molecule has 0 radical (unpaired) electrons. The van der Waals surface area contributed by atoms with Crippen LogP contribution in [0.2, 0.25) is 5.02 Å². The molecule has 0 spiro atoms. The third-order valence-electron chi connectivity index (χ3n) is 7.04. The molecule has 0 aliphatic carbocycles. The summed E-state index contributed by atoms with van der Waals surface area (Å²) in [4.78, 5) is 27.5. The van der Waals surface area contributed by atoms with E-state index in [0.29, 0.717) is 37.6 Å². The van der Waals surface area contributed by atoms with Gasteiger partial charge in [0.25, 0.3) is 0 Å². The first-order chi connectivity index (χ1) is 15.2. The predicted molar refractivity (Wildman–Crippen MR) is 127 cm³/mol. The molecular weight excluding hydrogens is 424 g/mol. The van der Waals surface area contributed by atoms with Gasteiger partial charge in [0, 0.05) is 56.9 Å². The number of anilines is 1. The summed E-state index contributed by atoms with van der Waals surface area (Å²) >= 11 is 6.14. The van der Waals surface area contributed by atoms with Crippen molar-refractivity contribution in [2.75, 3.05) is 45.3 Å². The number of benzene rings is 1. The maximum absolute atomic E-state index is 14.1. The van der Waals surface area contributed by atoms with Gasteiger partial charge in [-0.1, -0.05) is 30.7 Å². The summed E-state index contributed by atoms with van der Waals surface area (Å²) in [6.07, 6.45) is 3.34. The van der Waals surface area contributed by atoms with Crippen molar-refractivity contribution in [2.45, 2.75) is 50.4 Å². The van der Waals surface area contributed by atoms with Gasteiger partial charge in [0.1, 0.15) is 11.6 Å². The summed E-state index contributed by atoms with van der Waals surface area (Å²) in [6, 6.07) is 9.85. The van der Waals surface area contributed by atoms with Crippen molar-refractivity contribution < 1.29 is 9.53 Å². The number of hydrogen-bond donors (Lipinski definition) is 0. The molecule has 1 atom stereocenters. The lowest BCUT2D eigenvalue weighted by Gasteiger charge is -2.46. The van der Waals surface area contributed by atoms with Gasteiger partial charge in [-0.25, -0.2) is 9.97 Å². The van der Waals surface area contributed by atoms with Crippen LogP contribution in [0.1, 0.15) is 49.7 Å². The van der Waals surface area contributed by atoms with E-state index >= 15 is 0 Å². The number of halogens is 1. The quantitative estimate of drug-likeness (QED) is 0.692. The molecule has 1 aromatic heterocycles. The fourth-order valence-corrected chi connectivity index (χ4v) is 5.26. The number of carbonyl (C=O) groups is 1. The molecule has 1 amide bonds. The van der Waals surface area contributed by atoms with E-state index in [0.717, 1.165) is 42.3 Å². The average molecular weight is 457 g/mol. The van der Waals surface area contributed by atoms with Crippen LogP contribution in [-0.4, -0.2) is 61.2 Å². The van der Waals surface area contributed by atoms with E-state index in [2.05, 4.69) is 22.9 Å². The first-order valence-electron chi connectivity index (χ1n) is 11.4. The van der Waals surface area contributed by atoms with E-state index in [1.807, 2.05) is 50.2 Å². The Hall–Kier alpha value is -2.18. The van der Waals surface area contributed by atoms with Crippen LogP contribution in [0.4, 0.5) is 5.82 Å². The third kappa shape index (κ3) is 4.35.